The molecule has 2 saturated heterocycles. The van der Waals surface area contributed by atoms with Crippen molar-refractivity contribution in [2.75, 3.05) is 31.2 Å². The molecule has 0 aromatic carbocycles. The van der Waals surface area contributed by atoms with Gasteiger partial charge in [-0.05, 0) is 18.8 Å². The highest BCUT2D eigenvalue weighted by atomic mass is 32.2. The summed E-state index contributed by atoms with van der Waals surface area (Å²) in [6.45, 7) is 2.97. The molecule has 0 bridgehead atoms. The van der Waals surface area contributed by atoms with Crippen molar-refractivity contribution in [2.45, 2.75) is 18.9 Å². The standard InChI is InChI=1S/C9H17NO2S/c11-13(6-8-4-10-5-8)7-9-2-1-3-12-9/h8-10H,1-7H2. The van der Waals surface area contributed by atoms with Gasteiger partial charge in [0.1, 0.15) is 0 Å². The first-order chi connectivity index (χ1) is 6.34. The van der Waals surface area contributed by atoms with E-state index in [-0.39, 0.29) is 6.10 Å². The second-order valence-electron chi connectivity index (χ2n) is 3.93. The number of hydrogen-bond acceptors (Lipinski definition) is 3. The molecule has 2 aliphatic heterocycles. The number of nitrogens with one attached hydrogen (secondary N) is 1. The van der Waals surface area contributed by atoms with Gasteiger partial charge in [-0.15, -0.1) is 0 Å². The van der Waals surface area contributed by atoms with E-state index in [2.05, 4.69) is 5.32 Å². The SMILES string of the molecule is O=S(CC1CNC1)CC1CCCO1. The Hall–Kier alpha value is 0.0700. The number of rotatable bonds is 4. The highest BCUT2D eigenvalue weighted by Crippen LogP contribution is 2.14. The third-order valence-electron chi connectivity index (χ3n) is 2.68. The van der Waals surface area contributed by atoms with Crippen LogP contribution in [0.4, 0.5) is 0 Å². The molecule has 2 aliphatic rings. The summed E-state index contributed by atoms with van der Waals surface area (Å²) >= 11 is 0. The van der Waals surface area contributed by atoms with E-state index in [0.29, 0.717) is 5.92 Å². The summed E-state index contributed by atoms with van der Waals surface area (Å²) in [6, 6.07) is 0. The van der Waals surface area contributed by atoms with Crippen molar-refractivity contribution < 1.29 is 8.95 Å². The average Bonchev–Trinajstić information content (AvgIpc) is 2.49. The van der Waals surface area contributed by atoms with E-state index >= 15 is 0 Å². The molecule has 2 rings (SSSR count). The summed E-state index contributed by atoms with van der Waals surface area (Å²) < 4.78 is 17.1. The van der Waals surface area contributed by atoms with Crippen LogP contribution < -0.4 is 5.32 Å². The maximum Gasteiger partial charge on any atom is 0.0691 e. The fourth-order valence-electron chi connectivity index (χ4n) is 1.78. The number of ether oxygens (including phenoxy) is 1. The lowest BCUT2D eigenvalue weighted by molar-refractivity contribution is 0.128. The molecule has 0 amide bonds. The Labute approximate surface area is 81.7 Å². The molecule has 0 spiro atoms. The summed E-state index contributed by atoms with van der Waals surface area (Å²) in [5.41, 5.74) is 0. The van der Waals surface area contributed by atoms with Crippen LogP contribution in [-0.2, 0) is 15.5 Å². The molecule has 0 aliphatic carbocycles. The van der Waals surface area contributed by atoms with Crippen LogP contribution in [-0.4, -0.2) is 41.5 Å². The van der Waals surface area contributed by atoms with Crippen molar-refractivity contribution in [3.05, 3.63) is 0 Å². The van der Waals surface area contributed by atoms with Crippen LogP contribution in [0, 0.1) is 5.92 Å². The molecule has 2 atom stereocenters. The smallest absolute Gasteiger partial charge is 0.0691 e. The summed E-state index contributed by atoms with van der Waals surface area (Å²) in [6.07, 6.45) is 2.54. The maximum atomic E-state index is 11.6. The Kier molecular flexibility index (Phi) is 3.35. The molecule has 0 aromatic rings. The molecule has 13 heavy (non-hydrogen) atoms. The zero-order chi connectivity index (χ0) is 9.10. The lowest BCUT2D eigenvalue weighted by Gasteiger charge is -2.26. The van der Waals surface area contributed by atoms with Crippen LogP contribution in [0.2, 0.25) is 0 Å². The summed E-state index contributed by atoms with van der Waals surface area (Å²) in [5.74, 6) is 2.28. The van der Waals surface area contributed by atoms with Gasteiger partial charge in [-0.1, -0.05) is 0 Å². The van der Waals surface area contributed by atoms with Gasteiger partial charge in [0.25, 0.3) is 0 Å². The van der Waals surface area contributed by atoms with Gasteiger partial charge >= 0.3 is 0 Å². The molecule has 0 radical (unpaired) electrons. The predicted octanol–water partition coefficient (Wildman–Crippen LogP) is 0.133. The molecule has 1 N–H and O–H groups in total. The monoisotopic (exact) mass is 203 g/mol. The topological polar surface area (TPSA) is 38.3 Å². The Bertz CT molecular complexity index is 188. The van der Waals surface area contributed by atoms with E-state index in [0.717, 1.165) is 44.0 Å². The molecular formula is C9H17NO2S. The zero-order valence-electron chi connectivity index (χ0n) is 7.83. The maximum absolute atomic E-state index is 11.6. The minimum atomic E-state index is -0.654. The molecule has 3 nitrogen and oxygen atoms in total. The van der Waals surface area contributed by atoms with Gasteiger partial charge in [0.2, 0.25) is 0 Å². The van der Waals surface area contributed by atoms with Crippen molar-refractivity contribution in [1.82, 2.24) is 5.32 Å². The van der Waals surface area contributed by atoms with E-state index in [9.17, 15) is 4.21 Å². The van der Waals surface area contributed by atoms with Crippen LogP contribution in [0.15, 0.2) is 0 Å². The summed E-state index contributed by atoms with van der Waals surface area (Å²) in [4.78, 5) is 0. The van der Waals surface area contributed by atoms with Crippen molar-refractivity contribution >= 4 is 10.8 Å². The van der Waals surface area contributed by atoms with E-state index in [1.165, 1.54) is 0 Å². The Morgan fingerprint density at radius 1 is 1.38 bits per heavy atom. The van der Waals surface area contributed by atoms with Crippen LogP contribution in [0.25, 0.3) is 0 Å². The van der Waals surface area contributed by atoms with Gasteiger partial charge in [-0.25, -0.2) is 0 Å². The third-order valence-corrected chi connectivity index (χ3v) is 4.27. The van der Waals surface area contributed by atoms with E-state index in [1.54, 1.807) is 0 Å². The lowest BCUT2D eigenvalue weighted by Crippen LogP contribution is -2.45. The van der Waals surface area contributed by atoms with Crippen molar-refractivity contribution in [3.8, 4) is 0 Å². The second kappa shape index (κ2) is 4.53. The summed E-state index contributed by atoms with van der Waals surface area (Å²) in [5, 5.41) is 3.19. The highest BCUT2D eigenvalue weighted by Gasteiger charge is 2.23. The van der Waals surface area contributed by atoms with Crippen LogP contribution in [0.5, 0.6) is 0 Å². The number of hydrogen-bond donors (Lipinski definition) is 1. The fourth-order valence-corrected chi connectivity index (χ4v) is 3.36. The van der Waals surface area contributed by atoms with Gasteiger partial charge in [0.05, 0.1) is 6.10 Å². The molecule has 2 heterocycles. The minimum Gasteiger partial charge on any atom is -0.377 e. The average molecular weight is 203 g/mol. The van der Waals surface area contributed by atoms with Gasteiger partial charge in [0, 0.05) is 42.0 Å². The largest absolute Gasteiger partial charge is 0.377 e. The zero-order valence-corrected chi connectivity index (χ0v) is 8.65. The lowest BCUT2D eigenvalue weighted by atomic mass is 10.1. The Morgan fingerprint density at radius 2 is 2.23 bits per heavy atom. The molecule has 0 saturated carbocycles. The predicted molar refractivity (Wildman–Crippen MR) is 53.2 cm³/mol. The first-order valence-electron chi connectivity index (χ1n) is 5.02. The van der Waals surface area contributed by atoms with Crippen molar-refractivity contribution in [2.24, 2.45) is 5.92 Å². The molecule has 2 fully saturated rings. The third kappa shape index (κ3) is 2.76. The van der Waals surface area contributed by atoms with Crippen molar-refractivity contribution in [1.29, 1.82) is 0 Å². The second-order valence-corrected chi connectivity index (χ2v) is 5.48. The van der Waals surface area contributed by atoms with E-state index < -0.39 is 10.8 Å². The van der Waals surface area contributed by atoms with E-state index in [1.807, 2.05) is 0 Å². The van der Waals surface area contributed by atoms with Crippen LogP contribution >= 0.6 is 0 Å². The fraction of sp³-hybridized carbons (Fsp3) is 1.00. The quantitative estimate of drug-likeness (QED) is 0.706. The summed E-state index contributed by atoms with van der Waals surface area (Å²) in [7, 11) is -0.654. The Morgan fingerprint density at radius 3 is 2.77 bits per heavy atom. The van der Waals surface area contributed by atoms with Crippen molar-refractivity contribution in [3.63, 3.8) is 0 Å². The molecule has 76 valence electrons. The van der Waals surface area contributed by atoms with Crippen LogP contribution in [0.1, 0.15) is 12.8 Å². The first kappa shape index (κ1) is 9.62. The highest BCUT2D eigenvalue weighted by molar-refractivity contribution is 7.85. The van der Waals surface area contributed by atoms with Gasteiger partial charge < -0.3 is 10.1 Å². The first-order valence-corrected chi connectivity index (χ1v) is 6.50. The molecular weight excluding hydrogens is 186 g/mol. The van der Waals surface area contributed by atoms with Gasteiger partial charge in [-0.2, -0.15) is 0 Å². The minimum absolute atomic E-state index is 0.286. The normalized spacial score (nSPS) is 31.5. The van der Waals surface area contributed by atoms with Gasteiger partial charge in [-0.3, -0.25) is 4.21 Å². The molecule has 4 heteroatoms. The molecule has 2 unspecified atom stereocenters. The van der Waals surface area contributed by atoms with Crippen LogP contribution in [0.3, 0.4) is 0 Å². The molecule has 0 aromatic heterocycles. The van der Waals surface area contributed by atoms with Gasteiger partial charge in [0.15, 0.2) is 0 Å². The van der Waals surface area contributed by atoms with E-state index in [4.69, 9.17) is 4.74 Å². The Balaban J connectivity index is 1.64.